The molecule has 3 nitrogen and oxygen atoms in total. The third-order valence-electron chi connectivity index (χ3n) is 2.67. The minimum absolute atomic E-state index is 0.0780. The van der Waals surface area contributed by atoms with Crippen molar-refractivity contribution in [1.82, 2.24) is 5.32 Å². The highest BCUT2D eigenvalue weighted by Crippen LogP contribution is 2.19. The van der Waals surface area contributed by atoms with Gasteiger partial charge in [-0.2, -0.15) is 0 Å². The fourth-order valence-electron chi connectivity index (χ4n) is 1.61. The van der Waals surface area contributed by atoms with Crippen LogP contribution in [0.5, 0.6) is 5.75 Å². The lowest BCUT2D eigenvalue weighted by molar-refractivity contribution is -0.121. The van der Waals surface area contributed by atoms with Gasteiger partial charge in [0.2, 0.25) is 5.91 Å². The van der Waals surface area contributed by atoms with Crippen LogP contribution in [0.2, 0.25) is 0 Å². The molecule has 1 rings (SSSR count). The Morgan fingerprint density at radius 3 is 2.78 bits per heavy atom. The molecule has 0 aliphatic rings. The van der Waals surface area contributed by atoms with Gasteiger partial charge in [-0.05, 0) is 38.0 Å². The molecule has 2 atom stereocenters. The van der Waals surface area contributed by atoms with E-state index in [4.69, 9.17) is 16.3 Å². The Labute approximate surface area is 113 Å². The summed E-state index contributed by atoms with van der Waals surface area (Å²) < 4.78 is 5.43. The van der Waals surface area contributed by atoms with Crippen LogP contribution >= 0.6 is 11.6 Å². The lowest BCUT2D eigenvalue weighted by Crippen LogP contribution is -2.33. The van der Waals surface area contributed by atoms with Crippen LogP contribution in [0.1, 0.15) is 38.8 Å². The molecule has 1 aromatic carbocycles. The summed E-state index contributed by atoms with van der Waals surface area (Å²) in [4.78, 5) is 11.7. The summed E-state index contributed by atoms with van der Waals surface area (Å²) in [6.07, 6.45) is 0.624. The average Bonchev–Trinajstić information content (AvgIpc) is 2.38. The Balaban J connectivity index is 2.68. The zero-order chi connectivity index (χ0) is 13.5. The first-order chi connectivity index (χ1) is 8.58. The summed E-state index contributed by atoms with van der Waals surface area (Å²) in [5.74, 6) is 0.683. The fraction of sp³-hybridized carbons (Fsp3) is 0.500. The van der Waals surface area contributed by atoms with Gasteiger partial charge in [0.25, 0.3) is 0 Å². The standard InChI is InChI=1S/C14H20ClNO2/c1-4-13(15)14(17)16-10(3)11-7-6-8-12(9-11)18-5-2/h6-10,13H,4-5H2,1-3H3,(H,16,17). The first-order valence-corrected chi connectivity index (χ1v) is 6.69. The number of benzene rings is 1. The number of nitrogens with one attached hydrogen (secondary N) is 1. The van der Waals surface area contributed by atoms with E-state index < -0.39 is 5.38 Å². The van der Waals surface area contributed by atoms with Crippen LogP contribution in [0.25, 0.3) is 0 Å². The molecular formula is C14H20ClNO2. The van der Waals surface area contributed by atoms with E-state index in [2.05, 4.69) is 5.32 Å². The van der Waals surface area contributed by atoms with Gasteiger partial charge >= 0.3 is 0 Å². The number of carbonyl (C=O) groups is 1. The Bertz CT molecular complexity index is 395. The van der Waals surface area contributed by atoms with Crippen LogP contribution in [-0.2, 0) is 4.79 Å². The summed E-state index contributed by atoms with van der Waals surface area (Å²) in [6.45, 7) is 6.39. The van der Waals surface area contributed by atoms with E-state index in [0.717, 1.165) is 11.3 Å². The van der Waals surface area contributed by atoms with E-state index in [1.165, 1.54) is 0 Å². The van der Waals surface area contributed by atoms with Gasteiger partial charge in [0.05, 0.1) is 12.6 Å². The van der Waals surface area contributed by atoms with Crippen LogP contribution in [-0.4, -0.2) is 17.9 Å². The third kappa shape index (κ3) is 4.22. The molecule has 0 saturated carbocycles. The maximum absolute atomic E-state index is 11.7. The van der Waals surface area contributed by atoms with Gasteiger partial charge in [0, 0.05) is 0 Å². The smallest absolute Gasteiger partial charge is 0.238 e. The summed E-state index contributed by atoms with van der Waals surface area (Å²) in [6, 6.07) is 7.64. The van der Waals surface area contributed by atoms with Crippen molar-refractivity contribution in [3.8, 4) is 5.75 Å². The van der Waals surface area contributed by atoms with Crippen molar-refractivity contribution in [2.45, 2.75) is 38.6 Å². The molecule has 0 heterocycles. The van der Waals surface area contributed by atoms with Gasteiger partial charge in [-0.1, -0.05) is 19.1 Å². The lowest BCUT2D eigenvalue weighted by Gasteiger charge is -2.17. The normalized spacial score (nSPS) is 13.8. The molecule has 1 N–H and O–H groups in total. The van der Waals surface area contributed by atoms with Gasteiger partial charge in [-0.25, -0.2) is 0 Å². The number of alkyl halides is 1. The minimum Gasteiger partial charge on any atom is -0.494 e. The molecule has 18 heavy (non-hydrogen) atoms. The molecule has 1 aromatic rings. The molecule has 2 unspecified atom stereocenters. The van der Waals surface area contributed by atoms with E-state index in [1.807, 2.05) is 45.0 Å². The summed E-state index contributed by atoms with van der Waals surface area (Å²) >= 11 is 5.89. The largest absolute Gasteiger partial charge is 0.494 e. The second-order valence-electron chi connectivity index (χ2n) is 4.11. The topological polar surface area (TPSA) is 38.3 Å². The molecule has 100 valence electrons. The lowest BCUT2D eigenvalue weighted by atomic mass is 10.1. The van der Waals surface area contributed by atoms with Crippen LogP contribution in [0.4, 0.5) is 0 Å². The molecule has 0 aliphatic carbocycles. The molecule has 1 amide bonds. The fourth-order valence-corrected chi connectivity index (χ4v) is 1.68. The van der Waals surface area contributed by atoms with E-state index in [-0.39, 0.29) is 11.9 Å². The predicted octanol–water partition coefficient (Wildman–Crippen LogP) is 3.28. The maximum atomic E-state index is 11.7. The molecule has 0 aliphatic heterocycles. The van der Waals surface area contributed by atoms with E-state index >= 15 is 0 Å². The molecule has 0 saturated heterocycles. The zero-order valence-corrected chi connectivity index (χ0v) is 11.8. The number of hydrogen-bond acceptors (Lipinski definition) is 2. The number of hydrogen-bond donors (Lipinski definition) is 1. The highest BCUT2D eigenvalue weighted by atomic mass is 35.5. The Morgan fingerprint density at radius 1 is 1.44 bits per heavy atom. The molecule has 0 spiro atoms. The highest BCUT2D eigenvalue weighted by molar-refractivity contribution is 6.30. The maximum Gasteiger partial charge on any atom is 0.238 e. The summed E-state index contributed by atoms with van der Waals surface area (Å²) in [7, 11) is 0. The van der Waals surface area contributed by atoms with Crippen molar-refractivity contribution in [2.24, 2.45) is 0 Å². The molecule has 0 radical (unpaired) electrons. The first-order valence-electron chi connectivity index (χ1n) is 6.25. The second-order valence-corrected chi connectivity index (χ2v) is 4.64. The number of carbonyl (C=O) groups excluding carboxylic acids is 1. The number of halogens is 1. The van der Waals surface area contributed by atoms with Gasteiger partial charge in [-0.3, -0.25) is 4.79 Å². The van der Waals surface area contributed by atoms with Crippen LogP contribution in [0.3, 0.4) is 0 Å². The average molecular weight is 270 g/mol. The number of rotatable bonds is 6. The number of ether oxygens (including phenoxy) is 1. The second kappa shape index (κ2) is 7.27. The zero-order valence-electron chi connectivity index (χ0n) is 11.1. The third-order valence-corrected chi connectivity index (χ3v) is 3.18. The van der Waals surface area contributed by atoms with Gasteiger partial charge in [0.1, 0.15) is 11.1 Å². The van der Waals surface area contributed by atoms with Crippen LogP contribution < -0.4 is 10.1 Å². The first kappa shape index (κ1) is 14.8. The van der Waals surface area contributed by atoms with Crippen molar-refractivity contribution < 1.29 is 9.53 Å². The molecule has 0 bridgehead atoms. The van der Waals surface area contributed by atoms with E-state index in [9.17, 15) is 4.79 Å². The quantitative estimate of drug-likeness (QED) is 0.805. The minimum atomic E-state index is -0.470. The predicted molar refractivity (Wildman–Crippen MR) is 74.1 cm³/mol. The van der Waals surface area contributed by atoms with Crippen molar-refractivity contribution in [1.29, 1.82) is 0 Å². The van der Waals surface area contributed by atoms with Crippen molar-refractivity contribution in [3.05, 3.63) is 29.8 Å². The van der Waals surface area contributed by atoms with E-state index in [1.54, 1.807) is 0 Å². The SMILES string of the molecule is CCOc1cccc(C(C)NC(=O)C(Cl)CC)c1. The Hall–Kier alpha value is -1.22. The highest BCUT2D eigenvalue weighted by Gasteiger charge is 2.16. The summed E-state index contributed by atoms with van der Waals surface area (Å²) in [5, 5.41) is 2.42. The molecule has 0 aromatic heterocycles. The summed E-state index contributed by atoms with van der Waals surface area (Å²) in [5.41, 5.74) is 1.01. The van der Waals surface area contributed by atoms with E-state index in [0.29, 0.717) is 13.0 Å². The monoisotopic (exact) mass is 269 g/mol. The van der Waals surface area contributed by atoms with Crippen LogP contribution in [0, 0.1) is 0 Å². The Kier molecular flexibility index (Phi) is 5.99. The Morgan fingerprint density at radius 2 is 2.17 bits per heavy atom. The number of amides is 1. The van der Waals surface area contributed by atoms with Crippen molar-refractivity contribution in [2.75, 3.05) is 6.61 Å². The van der Waals surface area contributed by atoms with Crippen molar-refractivity contribution in [3.63, 3.8) is 0 Å². The molecule has 4 heteroatoms. The van der Waals surface area contributed by atoms with Gasteiger partial charge in [0.15, 0.2) is 0 Å². The van der Waals surface area contributed by atoms with Gasteiger partial charge in [-0.15, -0.1) is 11.6 Å². The molecular weight excluding hydrogens is 250 g/mol. The van der Waals surface area contributed by atoms with Crippen LogP contribution in [0.15, 0.2) is 24.3 Å². The molecule has 0 fully saturated rings. The van der Waals surface area contributed by atoms with Crippen molar-refractivity contribution >= 4 is 17.5 Å². The van der Waals surface area contributed by atoms with Gasteiger partial charge < -0.3 is 10.1 Å².